The molecule has 1 aliphatic heterocycles. The van der Waals surface area contributed by atoms with E-state index in [0.717, 1.165) is 4.47 Å². The van der Waals surface area contributed by atoms with Gasteiger partial charge in [-0.1, -0.05) is 28.1 Å². The second kappa shape index (κ2) is 7.09. The summed E-state index contributed by atoms with van der Waals surface area (Å²) in [6.07, 6.45) is 3.20. The largest absolute Gasteiger partial charge is 0.503 e. The highest BCUT2D eigenvalue weighted by Gasteiger charge is 2.44. The molecule has 1 N–H and O–H groups in total. The molecule has 3 heterocycles. The summed E-state index contributed by atoms with van der Waals surface area (Å²) < 4.78 is 0.791. The van der Waals surface area contributed by atoms with Crippen LogP contribution in [0.15, 0.2) is 82.1 Å². The van der Waals surface area contributed by atoms with E-state index in [-0.39, 0.29) is 11.4 Å². The Bertz CT molecular complexity index is 1050. The third kappa shape index (κ3) is 3.09. The maximum absolute atomic E-state index is 13.1. The first-order valence-electron chi connectivity index (χ1n) is 8.08. The van der Waals surface area contributed by atoms with Gasteiger partial charge in [0.25, 0.3) is 5.91 Å². The van der Waals surface area contributed by atoms with Crippen molar-refractivity contribution in [2.45, 2.75) is 6.04 Å². The zero-order valence-corrected chi connectivity index (χ0v) is 16.3. The topological polar surface area (TPSA) is 70.5 Å². The molecule has 0 aliphatic carbocycles. The summed E-state index contributed by atoms with van der Waals surface area (Å²) in [5.74, 6) is -1.47. The molecule has 1 unspecified atom stereocenters. The molecule has 0 saturated heterocycles. The van der Waals surface area contributed by atoms with Crippen LogP contribution in [0.1, 0.15) is 21.3 Å². The van der Waals surface area contributed by atoms with Crippen molar-refractivity contribution in [2.24, 2.45) is 0 Å². The highest BCUT2D eigenvalue weighted by atomic mass is 79.9. The molecular formula is C20H13BrN2O3S. The molecule has 0 bridgehead atoms. The molecule has 0 radical (unpaired) electrons. The number of hydrogen-bond donors (Lipinski definition) is 1. The number of carbonyl (C=O) groups excluding carboxylic acids is 2. The van der Waals surface area contributed by atoms with Crippen molar-refractivity contribution in [1.29, 1.82) is 0 Å². The number of amides is 1. The van der Waals surface area contributed by atoms with Crippen molar-refractivity contribution in [3.8, 4) is 0 Å². The average Bonchev–Trinajstić information content (AvgIpc) is 3.30. The number of benzene rings is 1. The van der Waals surface area contributed by atoms with Crippen LogP contribution in [0.25, 0.3) is 0 Å². The molecule has 7 heteroatoms. The lowest BCUT2D eigenvalue weighted by Gasteiger charge is -2.26. The lowest BCUT2D eigenvalue weighted by Crippen LogP contribution is -2.31. The van der Waals surface area contributed by atoms with Crippen LogP contribution in [-0.2, 0) is 4.79 Å². The van der Waals surface area contributed by atoms with E-state index in [0.29, 0.717) is 16.1 Å². The van der Waals surface area contributed by atoms with Gasteiger partial charge in [0.05, 0.1) is 16.5 Å². The fourth-order valence-corrected chi connectivity index (χ4v) is 4.20. The number of nitrogens with zero attached hydrogens (tertiary/aromatic N) is 2. The molecule has 134 valence electrons. The molecule has 1 aliphatic rings. The predicted octanol–water partition coefficient (Wildman–Crippen LogP) is 4.69. The van der Waals surface area contributed by atoms with E-state index in [9.17, 15) is 14.7 Å². The monoisotopic (exact) mass is 440 g/mol. The normalized spacial score (nSPS) is 16.9. The Kier molecular flexibility index (Phi) is 4.63. The van der Waals surface area contributed by atoms with Crippen LogP contribution < -0.4 is 4.90 Å². The van der Waals surface area contributed by atoms with Crippen molar-refractivity contribution < 1.29 is 14.7 Å². The quantitative estimate of drug-likeness (QED) is 0.597. The standard InChI is InChI=1S/C20H13BrN2O3S/c21-13-3-1-4-14(11-13)23-17(12-6-8-22-9-7-12)16(19(25)20(23)26)18(24)15-5-2-10-27-15/h1-11,17,25H. The van der Waals surface area contributed by atoms with E-state index in [1.807, 2.05) is 6.07 Å². The van der Waals surface area contributed by atoms with E-state index in [1.54, 1.807) is 60.2 Å². The maximum Gasteiger partial charge on any atom is 0.294 e. The fourth-order valence-electron chi connectivity index (χ4n) is 3.13. The smallest absolute Gasteiger partial charge is 0.294 e. The molecule has 2 aromatic heterocycles. The van der Waals surface area contributed by atoms with Crippen molar-refractivity contribution in [3.63, 3.8) is 0 Å². The maximum atomic E-state index is 13.1. The molecule has 4 rings (SSSR count). The molecule has 0 spiro atoms. The minimum atomic E-state index is -0.732. The van der Waals surface area contributed by atoms with Gasteiger partial charge in [-0.2, -0.15) is 0 Å². The Morgan fingerprint density at radius 3 is 2.59 bits per heavy atom. The van der Waals surface area contributed by atoms with Crippen LogP contribution >= 0.6 is 27.3 Å². The second-order valence-corrected chi connectivity index (χ2v) is 7.77. The molecule has 1 aromatic carbocycles. The van der Waals surface area contributed by atoms with Gasteiger partial charge in [-0.15, -0.1) is 11.3 Å². The Balaban J connectivity index is 1.89. The number of hydrogen-bond acceptors (Lipinski definition) is 5. The number of thiophene rings is 1. The number of aromatic nitrogens is 1. The van der Waals surface area contributed by atoms with Crippen LogP contribution in [0.3, 0.4) is 0 Å². The van der Waals surface area contributed by atoms with Crippen LogP contribution in [0.2, 0.25) is 0 Å². The fraction of sp³-hybridized carbons (Fsp3) is 0.0500. The van der Waals surface area contributed by atoms with Crippen molar-refractivity contribution in [1.82, 2.24) is 4.98 Å². The van der Waals surface area contributed by atoms with Crippen LogP contribution in [0.4, 0.5) is 5.69 Å². The third-order valence-corrected chi connectivity index (χ3v) is 5.67. The van der Waals surface area contributed by atoms with Gasteiger partial charge in [-0.25, -0.2) is 0 Å². The van der Waals surface area contributed by atoms with Crippen molar-refractivity contribution in [3.05, 3.63) is 92.6 Å². The summed E-state index contributed by atoms with van der Waals surface area (Å²) in [6.45, 7) is 0. The number of aliphatic hydroxyl groups excluding tert-OH is 1. The highest BCUT2D eigenvalue weighted by molar-refractivity contribution is 9.10. The van der Waals surface area contributed by atoms with Crippen LogP contribution in [0.5, 0.6) is 0 Å². The zero-order chi connectivity index (χ0) is 19.0. The van der Waals surface area contributed by atoms with Gasteiger partial charge in [0.2, 0.25) is 5.78 Å². The van der Waals surface area contributed by atoms with Crippen molar-refractivity contribution >= 4 is 44.6 Å². The Labute approximate surface area is 167 Å². The number of rotatable bonds is 4. The van der Waals surface area contributed by atoms with Gasteiger partial charge in [0.15, 0.2) is 5.76 Å². The van der Waals surface area contributed by atoms with E-state index >= 15 is 0 Å². The average molecular weight is 441 g/mol. The van der Waals surface area contributed by atoms with E-state index in [4.69, 9.17) is 0 Å². The van der Waals surface area contributed by atoms with Crippen LogP contribution in [-0.4, -0.2) is 21.8 Å². The molecule has 0 fully saturated rings. The Hall–Kier alpha value is -2.77. The number of carbonyl (C=O) groups is 2. The molecule has 27 heavy (non-hydrogen) atoms. The third-order valence-electron chi connectivity index (χ3n) is 4.31. The summed E-state index contributed by atoms with van der Waals surface area (Å²) in [6, 6.07) is 13.4. The summed E-state index contributed by atoms with van der Waals surface area (Å²) in [7, 11) is 0. The lowest BCUT2D eigenvalue weighted by atomic mass is 9.96. The lowest BCUT2D eigenvalue weighted by molar-refractivity contribution is -0.117. The van der Waals surface area contributed by atoms with Gasteiger partial charge < -0.3 is 5.11 Å². The number of halogens is 1. The molecule has 5 nitrogen and oxygen atoms in total. The Morgan fingerprint density at radius 1 is 1.15 bits per heavy atom. The number of aliphatic hydroxyl groups is 1. The zero-order valence-electron chi connectivity index (χ0n) is 13.9. The Morgan fingerprint density at radius 2 is 1.93 bits per heavy atom. The highest BCUT2D eigenvalue weighted by Crippen LogP contribution is 2.42. The minimum absolute atomic E-state index is 0.0774. The number of anilines is 1. The van der Waals surface area contributed by atoms with Gasteiger partial charge in [0, 0.05) is 22.6 Å². The van der Waals surface area contributed by atoms with Gasteiger partial charge in [0.1, 0.15) is 0 Å². The number of ketones is 1. The first kappa shape index (κ1) is 17.6. The van der Waals surface area contributed by atoms with Crippen molar-refractivity contribution in [2.75, 3.05) is 4.90 Å². The summed E-state index contributed by atoms with van der Waals surface area (Å²) in [4.78, 5) is 31.9. The second-order valence-electron chi connectivity index (χ2n) is 5.91. The summed E-state index contributed by atoms with van der Waals surface area (Å²) in [5, 5.41) is 12.4. The minimum Gasteiger partial charge on any atom is -0.503 e. The van der Waals surface area contributed by atoms with E-state index in [1.165, 1.54) is 16.2 Å². The SMILES string of the molecule is O=C(C1=C(O)C(=O)N(c2cccc(Br)c2)C1c1ccncc1)c1cccs1. The first-order valence-corrected chi connectivity index (χ1v) is 9.75. The van der Waals surface area contributed by atoms with Gasteiger partial charge >= 0.3 is 0 Å². The van der Waals surface area contributed by atoms with Gasteiger partial charge in [-0.05, 0) is 47.3 Å². The molecule has 0 saturated carbocycles. The van der Waals surface area contributed by atoms with Gasteiger partial charge in [-0.3, -0.25) is 19.5 Å². The number of Topliss-reactive ketones (excluding diaryl/α,β-unsaturated/α-hetero) is 1. The molecular weight excluding hydrogens is 428 g/mol. The summed E-state index contributed by atoms with van der Waals surface area (Å²) >= 11 is 4.68. The van der Waals surface area contributed by atoms with Crippen LogP contribution in [0, 0.1) is 0 Å². The predicted molar refractivity (Wildman–Crippen MR) is 107 cm³/mol. The van der Waals surface area contributed by atoms with E-state index < -0.39 is 17.7 Å². The molecule has 3 aromatic rings. The molecule has 1 atom stereocenters. The summed E-state index contributed by atoms with van der Waals surface area (Å²) in [5.41, 5.74) is 1.35. The molecule has 1 amide bonds. The number of pyridine rings is 1. The first-order chi connectivity index (χ1) is 13.1. The van der Waals surface area contributed by atoms with E-state index in [2.05, 4.69) is 20.9 Å².